The number of nitrogens with zero attached hydrogens (tertiary/aromatic N) is 2. The Morgan fingerprint density at radius 3 is 2.16 bits per heavy atom. The number of ketones is 1. The van der Waals surface area contributed by atoms with Crippen molar-refractivity contribution in [1.82, 2.24) is 4.90 Å². The lowest BCUT2D eigenvalue weighted by Gasteiger charge is -2.47. The molecule has 0 unspecified atom stereocenters. The highest BCUT2D eigenvalue weighted by Gasteiger charge is 2.51. The monoisotopic (exact) mass is 616 g/mol. The van der Waals surface area contributed by atoms with E-state index in [9.17, 15) is 24.9 Å². The largest absolute Gasteiger partial charge is 0.459 e. The molecular formula is C31H56N2O10. The number of aliphatic hydroxyl groups excluding tert-OH is 2. The lowest BCUT2D eigenvalue weighted by molar-refractivity contribution is -0.295. The van der Waals surface area contributed by atoms with E-state index in [1.54, 1.807) is 27.7 Å². The molecule has 2 fully saturated rings. The van der Waals surface area contributed by atoms with Crippen LogP contribution >= 0.6 is 0 Å². The number of ether oxygens (including phenoxy) is 4. The molecule has 0 aromatic heterocycles. The van der Waals surface area contributed by atoms with Crippen LogP contribution in [0.25, 0.3) is 0 Å². The van der Waals surface area contributed by atoms with Crippen molar-refractivity contribution >= 4 is 17.5 Å². The number of carbonyl (C=O) groups is 2. The number of hydrogen-bond acceptors (Lipinski definition) is 12. The van der Waals surface area contributed by atoms with Gasteiger partial charge in [0.1, 0.15) is 30.8 Å². The molecule has 12 heteroatoms. The van der Waals surface area contributed by atoms with Crippen molar-refractivity contribution in [3.8, 4) is 0 Å². The molecule has 2 heterocycles. The van der Waals surface area contributed by atoms with Gasteiger partial charge in [0.05, 0.1) is 29.6 Å². The molecule has 2 saturated heterocycles. The van der Waals surface area contributed by atoms with Gasteiger partial charge in [-0.05, 0) is 61.1 Å². The Morgan fingerprint density at radius 2 is 1.65 bits per heavy atom. The fourth-order valence-corrected chi connectivity index (χ4v) is 6.72. The number of cyclic esters (lactones) is 1. The Balaban J connectivity index is 2.69. The van der Waals surface area contributed by atoms with Crippen molar-refractivity contribution < 1.29 is 48.7 Å². The first-order valence-corrected chi connectivity index (χ1v) is 15.3. The lowest BCUT2D eigenvalue weighted by atomic mass is 9.74. The van der Waals surface area contributed by atoms with Crippen LogP contribution in [0, 0.1) is 23.7 Å². The first-order valence-electron chi connectivity index (χ1n) is 15.3. The Labute approximate surface area is 257 Å². The Kier molecular flexibility index (Phi) is 13.2. The van der Waals surface area contributed by atoms with Gasteiger partial charge in [0.25, 0.3) is 0 Å². The topological polar surface area (TPSA) is 157 Å². The van der Waals surface area contributed by atoms with Crippen LogP contribution < -0.4 is 0 Å². The van der Waals surface area contributed by atoms with Gasteiger partial charge in [0.15, 0.2) is 12.1 Å². The van der Waals surface area contributed by atoms with Gasteiger partial charge in [-0.3, -0.25) is 9.59 Å². The van der Waals surface area contributed by atoms with Crippen LogP contribution in [0.1, 0.15) is 74.7 Å². The van der Waals surface area contributed by atoms with Crippen LogP contribution in [0.4, 0.5) is 0 Å². The number of methoxy groups -OCH3 is 1. The van der Waals surface area contributed by atoms with E-state index in [0.29, 0.717) is 12.1 Å². The molecule has 0 aromatic carbocycles. The summed E-state index contributed by atoms with van der Waals surface area (Å²) in [6.45, 7) is 13.5. The van der Waals surface area contributed by atoms with Gasteiger partial charge in [-0.2, -0.15) is 0 Å². The van der Waals surface area contributed by atoms with Crippen molar-refractivity contribution in [3.63, 3.8) is 0 Å². The van der Waals surface area contributed by atoms with E-state index < -0.39 is 77.3 Å². The van der Waals surface area contributed by atoms with Crippen LogP contribution in [-0.4, -0.2) is 120 Å². The summed E-state index contributed by atoms with van der Waals surface area (Å²) in [5, 5.41) is 38.4. The smallest absolute Gasteiger partial charge is 0.316 e. The SMILES string of the molecule is CC[C@H]1OC(=O)[C@H](C)C(=O)[C@H](C)[C@@H](O[C@@H]2O[C@H](C)C[C@H](N(C)C)[C@H]2O)[C@@](C)(OC)C[C@@H](C)C(=NOC)[C@H](C)[C@@H](O)[C@]1(C)O. The number of Topliss-reactive ketones (excluding diaryl/α,β-unsaturated/α-hetero) is 1. The summed E-state index contributed by atoms with van der Waals surface area (Å²) < 4.78 is 24.4. The standard InChI is InChI=1S/C31H56N2O10/c1-13-22-31(8,38)26(36)18(4)23(32-40-12)16(2)15-30(7,39-11)27(19(5)24(34)20(6)28(37)42-22)43-29-25(35)21(33(9)10)14-17(3)41-29/h16-22,25-27,29,35-36,38H,13-15H2,1-12H3/t16-,17-,18+,19+,20-,21+,22-,25-,26-,27-,29+,30+,31-/m1/s1. The predicted molar refractivity (Wildman–Crippen MR) is 160 cm³/mol. The van der Waals surface area contributed by atoms with Gasteiger partial charge < -0.3 is 44.0 Å². The van der Waals surface area contributed by atoms with E-state index in [1.807, 2.05) is 32.8 Å². The zero-order valence-electron chi connectivity index (χ0n) is 28.1. The van der Waals surface area contributed by atoms with Crippen LogP contribution in [0.5, 0.6) is 0 Å². The molecule has 250 valence electrons. The van der Waals surface area contributed by atoms with Gasteiger partial charge >= 0.3 is 5.97 Å². The third-order valence-corrected chi connectivity index (χ3v) is 9.54. The minimum atomic E-state index is -1.86. The first kappa shape index (κ1) is 37.5. The average Bonchev–Trinajstić information content (AvgIpc) is 2.95. The zero-order chi connectivity index (χ0) is 33.0. The minimum Gasteiger partial charge on any atom is -0.459 e. The van der Waals surface area contributed by atoms with Gasteiger partial charge in [-0.25, -0.2) is 0 Å². The van der Waals surface area contributed by atoms with Crippen LogP contribution in [-0.2, 0) is 33.4 Å². The van der Waals surface area contributed by atoms with Gasteiger partial charge in [0.2, 0.25) is 0 Å². The second-order valence-electron chi connectivity index (χ2n) is 13.2. The lowest BCUT2D eigenvalue weighted by Crippen LogP contribution is -2.60. The fourth-order valence-electron chi connectivity index (χ4n) is 6.72. The number of rotatable bonds is 6. The van der Waals surface area contributed by atoms with Gasteiger partial charge in [-0.1, -0.05) is 32.9 Å². The molecule has 2 rings (SSSR count). The molecular weight excluding hydrogens is 560 g/mol. The predicted octanol–water partition coefficient (Wildman–Crippen LogP) is 2.16. The molecule has 0 bridgehead atoms. The maximum Gasteiger partial charge on any atom is 0.316 e. The third kappa shape index (κ3) is 8.14. The van der Waals surface area contributed by atoms with Crippen molar-refractivity contribution in [2.45, 2.75) is 129 Å². The highest BCUT2D eigenvalue weighted by molar-refractivity contribution is 6.00. The quantitative estimate of drug-likeness (QED) is 0.228. The van der Waals surface area contributed by atoms with Crippen LogP contribution in [0.15, 0.2) is 5.16 Å². The van der Waals surface area contributed by atoms with Crippen molar-refractivity contribution in [1.29, 1.82) is 0 Å². The molecule has 0 aromatic rings. The fraction of sp³-hybridized carbons (Fsp3) is 0.903. The van der Waals surface area contributed by atoms with E-state index in [4.69, 9.17) is 23.8 Å². The molecule has 0 aliphatic carbocycles. The third-order valence-electron chi connectivity index (χ3n) is 9.54. The molecule has 2 aliphatic rings. The molecule has 12 nitrogen and oxygen atoms in total. The molecule has 0 amide bonds. The number of likely N-dealkylation sites (N-methyl/N-ethyl adjacent to an activating group) is 1. The number of hydrogen-bond donors (Lipinski definition) is 3. The maximum absolute atomic E-state index is 13.9. The molecule has 0 radical (unpaired) electrons. The normalized spacial score (nSPS) is 45.1. The average molecular weight is 617 g/mol. The van der Waals surface area contributed by atoms with E-state index in [-0.39, 0.29) is 25.0 Å². The minimum absolute atomic E-state index is 0.195. The van der Waals surface area contributed by atoms with Gasteiger partial charge in [-0.15, -0.1) is 0 Å². The van der Waals surface area contributed by atoms with Crippen molar-refractivity contribution in [3.05, 3.63) is 0 Å². The Hall–Kier alpha value is -1.67. The first-order chi connectivity index (χ1) is 19.9. The van der Waals surface area contributed by atoms with Crippen molar-refractivity contribution in [2.24, 2.45) is 28.8 Å². The van der Waals surface area contributed by atoms with Gasteiger partial charge in [0, 0.05) is 30.9 Å². The number of esters is 1. The molecule has 0 spiro atoms. The summed E-state index contributed by atoms with van der Waals surface area (Å²) in [6.07, 6.45) is -4.76. The number of oxime groups is 1. The molecule has 43 heavy (non-hydrogen) atoms. The zero-order valence-corrected chi connectivity index (χ0v) is 28.1. The Bertz CT molecular complexity index is 974. The molecule has 0 saturated carbocycles. The second kappa shape index (κ2) is 15.1. The van der Waals surface area contributed by atoms with E-state index >= 15 is 0 Å². The summed E-state index contributed by atoms with van der Waals surface area (Å²) in [5.74, 6) is -4.51. The number of carbonyl (C=O) groups excluding carboxylic acids is 2. The van der Waals surface area contributed by atoms with E-state index in [2.05, 4.69) is 5.16 Å². The van der Waals surface area contributed by atoms with Crippen molar-refractivity contribution in [2.75, 3.05) is 28.3 Å². The summed E-state index contributed by atoms with van der Waals surface area (Å²) in [5.41, 5.74) is -2.59. The van der Waals surface area contributed by atoms with Crippen LogP contribution in [0.3, 0.4) is 0 Å². The maximum atomic E-state index is 13.9. The summed E-state index contributed by atoms with van der Waals surface area (Å²) in [6, 6.07) is -0.249. The van der Waals surface area contributed by atoms with Crippen LogP contribution in [0.2, 0.25) is 0 Å². The summed E-state index contributed by atoms with van der Waals surface area (Å²) >= 11 is 0. The molecule has 13 atom stereocenters. The second-order valence-corrected chi connectivity index (χ2v) is 13.2. The summed E-state index contributed by atoms with van der Waals surface area (Å²) in [4.78, 5) is 34.3. The van der Waals surface area contributed by atoms with E-state index in [1.165, 1.54) is 28.1 Å². The molecule has 2 aliphatic heterocycles. The van der Waals surface area contributed by atoms with E-state index in [0.717, 1.165) is 0 Å². The Morgan fingerprint density at radius 1 is 1.05 bits per heavy atom. The molecule has 3 N–H and O–H groups in total. The number of aliphatic hydroxyl groups is 3. The highest BCUT2D eigenvalue weighted by Crippen LogP contribution is 2.38. The highest BCUT2D eigenvalue weighted by atomic mass is 16.7. The summed E-state index contributed by atoms with van der Waals surface area (Å²) in [7, 11) is 6.65.